The number of rotatable bonds is 5. The third kappa shape index (κ3) is 3.95. The highest BCUT2D eigenvalue weighted by Crippen LogP contribution is 2.38. The number of ether oxygens (including phenoxy) is 1. The number of hydrogen-bond donors (Lipinski definition) is 1. The Morgan fingerprint density at radius 1 is 1.19 bits per heavy atom. The zero-order valence-electron chi connectivity index (χ0n) is 17.2. The first-order valence-electron chi connectivity index (χ1n) is 10.5. The molecule has 1 aromatic carbocycles. The smallest absolute Gasteiger partial charge is 0.137 e. The van der Waals surface area contributed by atoms with Gasteiger partial charge in [0.2, 0.25) is 0 Å². The predicted octanol–water partition coefficient (Wildman–Crippen LogP) is 4.76. The summed E-state index contributed by atoms with van der Waals surface area (Å²) in [6.45, 7) is 2.06. The average Bonchev–Trinajstić information content (AvgIpc) is 3.45. The molecule has 0 atom stereocenters. The zero-order chi connectivity index (χ0) is 21.4. The fourth-order valence-corrected chi connectivity index (χ4v) is 4.84. The molecule has 0 amide bonds. The molecule has 0 unspecified atom stereocenters. The monoisotopic (exact) mass is 455 g/mol. The first kappa shape index (κ1) is 20.5. The standard InChI is InChI=1S/C23H23Cl2N5O/c1-31-21-5-3-18(24)17(22(21)25)10-14-2-4-19-23(14)29-20(12-27-19)15-11-28-30(13-15)16-6-8-26-9-7-16/h2-3,5,11-13,16,26H,4,6-10H2,1H3. The number of nitrogens with one attached hydrogen (secondary N) is 1. The van der Waals surface area contributed by atoms with E-state index in [9.17, 15) is 0 Å². The van der Waals surface area contributed by atoms with Crippen LogP contribution in [0.5, 0.6) is 5.75 Å². The van der Waals surface area contributed by atoms with Gasteiger partial charge in [0.15, 0.2) is 0 Å². The maximum atomic E-state index is 6.54. The van der Waals surface area contributed by atoms with Gasteiger partial charge in [-0.05, 0) is 49.2 Å². The van der Waals surface area contributed by atoms with Crippen molar-refractivity contribution < 1.29 is 4.74 Å². The fraction of sp³-hybridized carbons (Fsp3) is 0.348. The van der Waals surface area contributed by atoms with E-state index in [0.717, 1.165) is 66.1 Å². The predicted molar refractivity (Wildman–Crippen MR) is 123 cm³/mol. The van der Waals surface area contributed by atoms with Crippen molar-refractivity contribution in [3.63, 3.8) is 0 Å². The summed E-state index contributed by atoms with van der Waals surface area (Å²) in [6, 6.07) is 4.03. The first-order valence-corrected chi connectivity index (χ1v) is 11.2. The Hall–Kier alpha value is -2.41. The van der Waals surface area contributed by atoms with Gasteiger partial charge in [0.05, 0.1) is 47.6 Å². The highest BCUT2D eigenvalue weighted by molar-refractivity contribution is 6.37. The van der Waals surface area contributed by atoms with E-state index in [1.165, 1.54) is 0 Å². The summed E-state index contributed by atoms with van der Waals surface area (Å²) in [4.78, 5) is 9.62. The summed E-state index contributed by atoms with van der Waals surface area (Å²) in [6.07, 6.45) is 11.5. The van der Waals surface area contributed by atoms with Crippen LogP contribution in [0.2, 0.25) is 10.0 Å². The van der Waals surface area contributed by atoms with Crippen LogP contribution in [0.3, 0.4) is 0 Å². The molecule has 3 aromatic rings. The van der Waals surface area contributed by atoms with Crippen molar-refractivity contribution >= 4 is 28.8 Å². The molecule has 160 valence electrons. The third-order valence-electron chi connectivity index (χ3n) is 6.01. The first-order chi connectivity index (χ1) is 15.1. The summed E-state index contributed by atoms with van der Waals surface area (Å²) in [5.74, 6) is 0.616. The molecule has 5 rings (SSSR count). The van der Waals surface area contributed by atoms with Gasteiger partial charge < -0.3 is 10.1 Å². The van der Waals surface area contributed by atoms with Crippen molar-refractivity contribution in [3.8, 4) is 17.0 Å². The average molecular weight is 456 g/mol. The number of nitrogens with zero attached hydrogens (tertiary/aromatic N) is 4. The Morgan fingerprint density at radius 3 is 2.84 bits per heavy atom. The Kier molecular flexibility index (Phi) is 5.69. The maximum Gasteiger partial charge on any atom is 0.137 e. The minimum Gasteiger partial charge on any atom is -0.495 e. The lowest BCUT2D eigenvalue weighted by Crippen LogP contribution is -2.29. The van der Waals surface area contributed by atoms with E-state index in [2.05, 4.69) is 32.4 Å². The van der Waals surface area contributed by atoms with E-state index in [0.29, 0.717) is 28.3 Å². The normalized spacial score (nSPS) is 16.3. The summed E-state index contributed by atoms with van der Waals surface area (Å²) >= 11 is 13.0. The maximum absolute atomic E-state index is 6.54. The van der Waals surface area contributed by atoms with Crippen molar-refractivity contribution in [2.75, 3.05) is 20.2 Å². The van der Waals surface area contributed by atoms with Crippen molar-refractivity contribution in [2.45, 2.75) is 31.7 Å². The third-order valence-corrected chi connectivity index (χ3v) is 6.78. The van der Waals surface area contributed by atoms with Crippen molar-refractivity contribution in [3.05, 3.63) is 63.8 Å². The lowest BCUT2D eigenvalue weighted by molar-refractivity contribution is 0.343. The number of halogens is 2. The molecule has 1 saturated heterocycles. The quantitative estimate of drug-likeness (QED) is 0.600. The molecule has 1 aliphatic carbocycles. The molecule has 2 aliphatic rings. The van der Waals surface area contributed by atoms with Crippen LogP contribution >= 0.6 is 23.2 Å². The lowest BCUT2D eigenvalue weighted by atomic mass is 10.0. The topological polar surface area (TPSA) is 64.9 Å². The molecule has 1 aliphatic heterocycles. The van der Waals surface area contributed by atoms with Gasteiger partial charge in [-0.15, -0.1) is 0 Å². The minimum absolute atomic E-state index is 0.435. The molecule has 31 heavy (non-hydrogen) atoms. The van der Waals surface area contributed by atoms with E-state index in [1.54, 1.807) is 13.2 Å². The van der Waals surface area contributed by atoms with Gasteiger partial charge in [-0.2, -0.15) is 5.10 Å². The van der Waals surface area contributed by atoms with Gasteiger partial charge in [0.1, 0.15) is 5.75 Å². The van der Waals surface area contributed by atoms with Crippen LogP contribution in [-0.2, 0) is 12.8 Å². The Balaban J connectivity index is 1.42. The van der Waals surface area contributed by atoms with E-state index >= 15 is 0 Å². The summed E-state index contributed by atoms with van der Waals surface area (Å²) < 4.78 is 7.42. The van der Waals surface area contributed by atoms with Crippen LogP contribution in [0, 0.1) is 0 Å². The molecule has 2 aromatic heterocycles. The van der Waals surface area contributed by atoms with E-state index in [-0.39, 0.29) is 0 Å². The number of methoxy groups -OCH3 is 1. The Morgan fingerprint density at radius 2 is 2.03 bits per heavy atom. The summed E-state index contributed by atoms with van der Waals surface area (Å²) in [5, 5.41) is 9.15. The lowest BCUT2D eigenvalue weighted by Gasteiger charge is -2.22. The second-order valence-corrected chi connectivity index (χ2v) is 8.68. The van der Waals surface area contributed by atoms with Gasteiger partial charge >= 0.3 is 0 Å². The SMILES string of the molecule is COc1ccc(Cl)c(CC2=CCc3ncc(-c4cnn(C5CCNCC5)c4)nc32)c1Cl. The van der Waals surface area contributed by atoms with Crippen molar-refractivity contribution in [1.82, 2.24) is 25.1 Å². The Labute approximate surface area is 191 Å². The molecule has 8 heteroatoms. The van der Waals surface area contributed by atoms with E-state index < -0.39 is 0 Å². The molecule has 1 fully saturated rings. The molecule has 0 bridgehead atoms. The number of aromatic nitrogens is 4. The number of allylic oxidation sites excluding steroid dienone is 2. The van der Waals surface area contributed by atoms with Gasteiger partial charge in [-0.3, -0.25) is 9.67 Å². The van der Waals surface area contributed by atoms with Crippen LogP contribution in [0.25, 0.3) is 16.8 Å². The van der Waals surface area contributed by atoms with Crippen molar-refractivity contribution in [1.29, 1.82) is 0 Å². The second-order valence-electron chi connectivity index (χ2n) is 7.89. The van der Waals surface area contributed by atoms with Gasteiger partial charge in [-0.25, -0.2) is 4.98 Å². The largest absolute Gasteiger partial charge is 0.495 e. The summed E-state index contributed by atoms with van der Waals surface area (Å²) in [5.41, 5.74) is 5.61. The molecule has 0 radical (unpaired) electrons. The molecule has 3 heterocycles. The molecule has 6 nitrogen and oxygen atoms in total. The van der Waals surface area contributed by atoms with Gasteiger partial charge in [0, 0.05) is 29.6 Å². The van der Waals surface area contributed by atoms with Gasteiger partial charge in [0.25, 0.3) is 0 Å². The number of fused-ring (bicyclic) bond motifs is 1. The van der Waals surface area contributed by atoms with Gasteiger partial charge in [-0.1, -0.05) is 29.3 Å². The zero-order valence-corrected chi connectivity index (χ0v) is 18.7. The molecule has 0 saturated carbocycles. The number of piperidine rings is 1. The van der Waals surface area contributed by atoms with Crippen molar-refractivity contribution in [2.24, 2.45) is 0 Å². The van der Waals surface area contributed by atoms with E-state index in [4.69, 9.17) is 32.9 Å². The summed E-state index contributed by atoms with van der Waals surface area (Å²) in [7, 11) is 1.60. The van der Waals surface area contributed by atoms with Crippen LogP contribution in [-0.4, -0.2) is 39.9 Å². The second kappa shape index (κ2) is 8.61. The highest BCUT2D eigenvalue weighted by Gasteiger charge is 2.22. The number of hydrogen-bond acceptors (Lipinski definition) is 5. The van der Waals surface area contributed by atoms with Crippen LogP contribution in [0.4, 0.5) is 0 Å². The van der Waals surface area contributed by atoms with Crippen LogP contribution in [0.15, 0.2) is 36.8 Å². The molecular formula is C23H23Cl2N5O. The van der Waals surface area contributed by atoms with Crippen LogP contribution < -0.4 is 10.1 Å². The minimum atomic E-state index is 0.435. The fourth-order valence-electron chi connectivity index (χ4n) is 4.26. The Bertz CT molecular complexity index is 1150. The number of benzene rings is 1. The van der Waals surface area contributed by atoms with Crippen LogP contribution in [0.1, 0.15) is 35.8 Å². The molecule has 0 spiro atoms. The molecule has 1 N–H and O–H groups in total. The highest BCUT2D eigenvalue weighted by atomic mass is 35.5. The molecular weight excluding hydrogens is 433 g/mol. The van der Waals surface area contributed by atoms with E-state index in [1.807, 2.05) is 18.5 Å².